The Morgan fingerprint density at radius 2 is 2.19 bits per heavy atom. The molecule has 0 unspecified atom stereocenters. The van der Waals surface area contributed by atoms with Crippen LogP contribution in [0.15, 0.2) is 30.7 Å². The van der Waals surface area contributed by atoms with Crippen molar-refractivity contribution < 1.29 is 4.73 Å². The zero-order valence-corrected chi connectivity index (χ0v) is 9.14. The maximum absolute atomic E-state index is 11.8. The van der Waals surface area contributed by atoms with Crippen molar-refractivity contribution in [2.24, 2.45) is 7.05 Å². The van der Waals surface area contributed by atoms with E-state index in [0.717, 1.165) is 26.7 Å². The highest BCUT2D eigenvalue weighted by Gasteiger charge is 2.12. The summed E-state index contributed by atoms with van der Waals surface area (Å²) in [6.45, 7) is 2.02. The molecule has 16 heavy (non-hydrogen) atoms. The van der Waals surface area contributed by atoms with Crippen molar-refractivity contribution in [3.8, 4) is 0 Å². The molecule has 0 atom stereocenters. The van der Waals surface area contributed by atoms with Crippen LogP contribution in [0.25, 0.3) is 21.9 Å². The summed E-state index contributed by atoms with van der Waals surface area (Å²) in [5, 5.41) is 12.7. The van der Waals surface area contributed by atoms with Crippen LogP contribution in [0.5, 0.6) is 0 Å². The molecule has 80 valence electrons. The average Bonchev–Trinajstić information content (AvgIpc) is 2.60. The first-order valence-corrected chi connectivity index (χ1v) is 5.10. The van der Waals surface area contributed by atoms with Crippen LogP contribution in [-0.4, -0.2) is 9.55 Å². The summed E-state index contributed by atoms with van der Waals surface area (Å²) in [6.07, 6.45) is 3.25. The van der Waals surface area contributed by atoms with E-state index in [1.165, 1.54) is 6.20 Å². The second-order valence-corrected chi connectivity index (χ2v) is 4.06. The average molecular weight is 213 g/mol. The lowest BCUT2D eigenvalue weighted by atomic mass is 10.1. The molecule has 0 saturated carbocycles. The van der Waals surface area contributed by atoms with Crippen LogP contribution in [0.3, 0.4) is 0 Å². The molecule has 0 saturated heterocycles. The molecule has 0 fully saturated rings. The lowest BCUT2D eigenvalue weighted by molar-refractivity contribution is -0.575. The molecule has 0 bridgehead atoms. The van der Waals surface area contributed by atoms with Gasteiger partial charge in [-0.25, -0.2) is 4.98 Å². The van der Waals surface area contributed by atoms with Crippen molar-refractivity contribution in [2.45, 2.75) is 6.92 Å². The maximum Gasteiger partial charge on any atom is 0.226 e. The topological polar surface area (TPSA) is 44.8 Å². The number of rotatable bonds is 0. The van der Waals surface area contributed by atoms with Gasteiger partial charge in [0.05, 0.1) is 17.2 Å². The molecule has 3 aromatic rings. The molecule has 0 aliphatic heterocycles. The first-order valence-electron chi connectivity index (χ1n) is 5.10. The highest BCUT2D eigenvalue weighted by Crippen LogP contribution is 2.21. The minimum Gasteiger partial charge on any atom is -0.618 e. The first kappa shape index (κ1) is 9.15. The van der Waals surface area contributed by atoms with Gasteiger partial charge in [-0.2, -0.15) is 4.73 Å². The lowest BCUT2D eigenvalue weighted by Gasteiger charge is -2.04. The van der Waals surface area contributed by atoms with Gasteiger partial charge in [-0.3, -0.25) is 0 Å². The van der Waals surface area contributed by atoms with Crippen molar-refractivity contribution >= 4 is 21.9 Å². The van der Waals surface area contributed by atoms with Crippen LogP contribution in [0.4, 0.5) is 0 Å². The molecule has 3 rings (SSSR count). The van der Waals surface area contributed by atoms with Crippen LogP contribution >= 0.6 is 0 Å². The highest BCUT2D eigenvalue weighted by atomic mass is 16.5. The number of imidazole rings is 1. The zero-order chi connectivity index (χ0) is 11.3. The fourth-order valence-corrected chi connectivity index (χ4v) is 2.08. The molecule has 2 aromatic heterocycles. The number of hydrogen-bond donors (Lipinski definition) is 0. The second kappa shape index (κ2) is 2.95. The van der Waals surface area contributed by atoms with Crippen LogP contribution in [-0.2, 0) is 7.05 Å². The fraction of sp³-hybridized carbons (Fsp3) is 0.167. The van der Waals surface area contributed by atoms with Crippen LogP contribution in [0.1, 0.15) is 5.56 Å². The zero-order valence-electron chi connectivity index (χ0n) is 9.14. The molecule has 0 N–H and O–H groups in total. The van der Waals surface area contributed by atoms with Gasteiger partial charge in [0.2, 0.25) is 11.7 Å². The molecule has 4 heteroatoms. The Hall–Kier alpha value is -2.10. The highest BCUT2D eigenvalue weighted by molar-refractivity contribution is 6.00. The predicted octanol–water partition coefficient (Wildman–Crippen LogP) is 1.67. The molecule has 0 radical (unpaired) electrons. The number of aryl methyl sites for hydroxylation is 2. The molecule has 0 aliphatic carbocycles. The summed E-state index contributed by atoms with van der Waals surface area (Å²) >= 11 is 0. The fourth-order valence-electron chi connectivity index (χ4n) is 2.08. The summed E-state index contributed by atoms with van der Waals surface area (Å²) in [6, 6.07) is 5.82. The van der Waals surface area contributed by atoms with E-state index in [9.17, 15) is 5.21 Å². The Labute approximate surface area is 92.3 Å². The number of nitrogens with zero attached hydrogens (tertiary/aromatic N) is 3. The third-order valence-electron chi connectivity index (χ3n) is 2.85. The number of benzene rings is 1. The van der Waals surface area contributed by atoms with E-state index in [1.807, 2.05) is 36.7 Å². The van der Waals surface area contributed by atoms with Gasteiger partial charge in [0.25, 0.3) is 0 Å². The Balaban J connectivity index is 2.64. The normalized spacial score (nSPS) is 11.4. The van der Waals surface area contributed by atoms with Crippen molar-refractivity contribution in [2.75, 3.05) is 0 Å². The minimum absolute atomic E-state index is 0.682. The SMILES string of the molecule is Cc1ccc2c(c1)c1c(c[n+]2[O-])ncn1C. The minimum atomic E-state index is 0.682. The van der Waals surface area contributed by atoms with E-state index >= 15 is 0 Å². The van der Waals surface area contributed by atoms with Gasteiger partial charge in [0.1, 0.15) is 0 Å². The Kier molecular flexibility index (Phi) is 1.68. The number of pyridine rings is 1. The van der Waals surface area contributed by atoms with Gasteiger partial charge < -0.3 is 9.77 Å². The Bertz CT molecular complexity index is 700. The van der Waals surface area contributed by atoms with Crippen molar-refractivity contribution in [3.63, 3.8) is 0 Å². The summed E-state index contributed by atoms with van der Waals surface area (Å²) in [4.78, 5) is 4.20. The molecular formula is C12H11N3O. The summed E-state index contributed by atoms with van der Waals surface area (Å²) in [5.74, 6) is 0. The summed E-state index contributed by atoms with van der Waals surface area (Å²) < 4.78 is 2.82. The lowest BCUT2D eigenvalue weighted by Crippen LogP contribution is -2.26. The van der Waals surface area contributed by atoms with E-state index in [0.29, 0.717) is 5.52 Å². The Morgan fingerprint density at radius 1 is 1.38 bits per heavy atom. The van der Waals surface area contributed by atoms with Crippen molar-refractivity contribution in [3.05, 3.63) is 41.5 Å². The molecule has 4 nitrogen and oxygen atoms in total. The van der Waals surface area contributed by atoms with Gasteiger partial charge >= 0.3 is 0 Å². The molecule has 0 aliphatic rings. The van der Waals surface area contributed by atoms with Gasteiger partial charge in [-0.15, -0.1) is 0 Å². The molecule has 0 amide bonds. The van der Waals surface area contributed by atoms with E-state index in [1.54, 1.807) is 6.33 Å². The van der Waals surface area contributed by atoms with Gasteiger partial charge in [0, 0.05) is 13.1 Å². The van der Waals surface area contributed by atoms with Crippen LogP contribution < -0.4 is 4.73 Å². The number of hydrogen-bond acceptors (Lipinski definition) is 2. The molecule has 0 spiro atoms. The largest absolute Gasteiger partial charge is 0.618 e. The molecular weight excluding hydrogens is 202 g/mol. The number of fused-ring (bicyclic) bond motifs is 3. The van der Waals surface area contributed by atoms with Gasteiger partial charge in [-0.05, 0) is 18.6 Å². The van der Waals surface area contributed by atoms with Crippen molar-refractivity contribution in [1.29, 1.82) is 0 Å². The summed E-state index contributed by atoms with van der Waals surface area (Å²) in [7, 11) is 1.94. The van der Waals surface area contributed by atoms with E-state index in [2.05, 4.69) is 4.98 Å². The van der Waals surface area contributed by atoms with Crippen LogP contribution in [0.2, 0.25) is 0 Å². The third kappa shape index (κ3) is 1.10. The van der Waals surface area contributed by atoms with Crippen LogP contribution in [0, 0.1) is 12.1 Å². The standard InChI is InChI=1S/C12H11N3O/c1-8-3-4-11-9(5-8)12-10(6-15(11)16)13-7-14(12)2/h3-7H,1-2H3. The van der Waals surface area contributed by atoms with E-state index < -0.39 is 0 Å². The van der Waals surface area contributed by atoms with E-state index in [-0.39, 0.29) is 0 Å². The quantitative estimate of drug-likeness (QED) is 0.421. The second-order valence-electron chi connectivity index (χ2n) is 4.06. The van der Waals surface area contributed by atoms with E-state index in [4.69, 9.17) is 0 Å². The summed E-state index contributed by atoms with van der Waals surface area (Å²) in [5.41, 5.74) is 3.56. The first-order chi connectivity index (χ1) is 7.66. The molecule has 2 heterocycles. The predicted molar refractivity (Wildman–Crippen MR) is 61.9 cm³/mol. The van der Waals surface area contributed by atoms with Gasteiger partial charge in [0.15, 0.2) is 5.52 Å². The molecule has 1 aromatic carbocycles. The van der Waals surface area contributed by atoms with Crippen molar-refractivity contribution in [1.82, 2.24) is 9.55 Å². The Morgan fingerprint density at radius 3 is 3.00 bits per heavy atom. The maximum atomic E-state index is 11.8. The smallest absolute Gasteiger partial charge is 0.226 e. The monoisotopic (exact) mass is 213 g/mol. The third-order valence-corrected chi connectivity index (χ3v) is 2.85. The number of aromatic nitrogens is 3. The van der Waals surface area contributed by atoms with Gasteiger partial charge in [-0.1, -0.05) is 6.07 Å².